The molecule has 1 N–H and O–H groups in total. The van der Waals surface area contributed by atoms with E-state index in [1.807, 2.05) is 24.3 Å². The zero-order chi connectivity index (χ0) is 18.1. The van der Waals surface area contributed by atoms with E-state index in [0.717, 1.165) is 5.39 Å². The van der Waals surface area contributed by atoms with Gasteiger partial charge >= 0.3 is 5.97 Å². The van der Waals surface area contributed by atoms with Crippen LogP contribution in [-0.4, -0.2) is 26.3 Å². The summed E-state index contributed by atoms with van der Waals surface area (Å²) >= 11 is 0. The number of phenolic OH excluding ortho intramolecular Hbond substituents is 1. The number of methoxy groups -OCH3 is 1. The van der Waals surface area contributed by atoms with Gasteiger partial charge in [-0.15, -0.1) is 5.54 Å². The van der Waals surface area contributed by atoms with Crippen LogP contribution in [0, 0.1) is 11.5 Å². The Morgan fingerprint density at radius 3 is 2.42 bits per heavy atom. The Morgan fingerprint density at radius 2 is 1.83 bits per heavy atom. The van der Waals surface area contributed by atoms with E-state index in [1.165, 1.54) is 7.11 Å². The molecular formula is C20H24O3Si. The van der Waals surface area contributed by atoms with Crippen molar-refractivity contribution in [2.45, 2.75) is 38.9 Å². The molecule has 0 fully saturated rings. The van der Waals surface area contributed by atoms with E-state index >= 15 is 0 Å². The molecule has 0 aliphatic heterocycles. The molecule has 0 aliphatic rings. The standard InChI is InChI=1S/C20H24O3Si/c1-20(2,3)24(5,6)12-11-16-17(19(22)23-4)13-14-9-7-8-10-15(14)18(16)21/h7-10,13,21H,1-6H3. The Morgan fingerprint density at radius 1 is 1.21 bits per heavy atom. The van der Waals surface area contributed by atoms with Crippen molar-refractivity contribution in [2.24, 2.45) is 0 Å². The number of esters is 1. The van der Waals surface area contributed by atoms with Crippen LogP contribution in [-0.2, 0) is 4.74 Å². The fraction of sp³-hybridized carbons (Fsp3) is 0.350. The molecule has 0 saturated heterocycles. The van der Waals surface area contributed by atoms with Crippen LogP contribution in [0.5, 0.6) is 5.75 Å². The van der Waals surface area contributed by atoms with Crippen molar-refractivity contribution < 1.29 is 14.6 Å². The predicted molar refractivity (Wildman–Crippen MR) is 101 cm³/mol. The molecule has 2 aromatic carbocycles. The minimum Gasteiger partial charge on any atom is -0.506 e. The summed E-state index contributed by atoms with van der Waals surface area (Å²) < 4.78 is 4.87. The largest absolute Gasteiger partial charge is 0.506 e. The van der Waals surface area contributed by atoms with Gasteiger partial charge in [-0.05, 0) is 16.5 Å². The first-order valence-electron chi connectivity index (χ1n) is 7.94. The number of rotatable bonds is 1. The maximum Gasteiger partial charge on any atom is 0.339 e. The van der Waals surface area contributed by atoms with Gasteiger partial charge in [0, 0.05) is 5.39 Å². The highest BCUT2D eigenvalue weighted by Gasteiger charge is 2.33. The van der Waals surface area contributed by atoms with Gasteiger partial charge < -0.3 is 9.84 Å². The highest BCUT2D eigenvalue weighted by Crippen LogP contribution is 2.36. The number of hydrogen-bond acceptors (Lipinski definition) is 3. The van der Waals surface area contributed by atoms with Gasteiger partial charge in [0.15, 0.2) is 0 Å². The number of fused-ring (bicyclic) bond motifs is 1. The number of carbonyl (C=O) groups excluding carboxylic acids is 1. The number of benzene rings is 2. The fourth-order valence-corrected chi connectivity index (χ4v) is 2.94. The molecule has 126 valence electrons. The monoisotopic (exact) mass is 340 g/mol. The average molecular weight is 340 g/mol. The molecular weight excluding hydrogens is 316 g/mol. The molecule has 2 aromatic rings. The molecule has 0 saturated carbocycles. The Labute approximate surface area is 144 Å². The molecule has 24 heavy (non-hydrogen) atoms. The van der Waals surface area contributed by atoms with E-state index in [1.54, 1.807) is 6.07 Å². The molecule has 0 unspecified atom stereocenters. The molecule has 0 atom stereocenters. The summed E-state index contributed by atoms with van der Waals surface area (Å²) in [5.74, 6) is 2.65. The summed E-state index contributed by atoms with van der Waals surface area (Å²) in [6.07, 6.45) is 0. The molecule has 3 nitrogen and oxygen atoms in total. The maximum absolute atomic E-state index is 12.2. The Hall–Kier alpha value is -2.25. The molecule has 0 heterocycles. The van der Waals surface area contributed by atoms with Crippen LogP contribution >= 0.6 is 0 Å². The van der Waals surface area contributed by atoms with Gasteiger partial charge in [0.1, 0.15) is 13.8 Å². The van der Waals surface area contributed by atoms with Crippen LogP contribution in [0.4, 0.5) is 0 Å². The minimum atomic E-state index is -1.87. The molecule has 0 aliphatic carbocycles. The van der Waals surface area contributed by atoms with Crippen LogP contribution in [0.2, 0.25) is 18.1 Å². The first kappa shape index (κ1) is 18.1. The number of hydrogen-bond donors (Lipinski definition) is 1. The predicted octanol–water partition coefficient (Wildman–Crippen LogP) is 4.73. The van der Waals surface area contributed by atoms with Crippen molar-refractivity contribution in [3.8, 4) is 17.2 Å². The molecule has 0 spiro atoms. The van der Waals surface area contributed by atoms with Crippen molar-refractivity contribution in [1.29, 1.82) is 0 Å². The summed E-state index contributed by atoms with van der Waals surface area (Å²) in [5, 5.41) is 12.2. The van der Waals surface area contributed by atoms with Gasteiger partial charge in [0.25, 0.3) is 0 Å². The molecule has 4 heteroatoms. The molecule has 0 radical (unpaired) electrons. The number of aromatic hydroxyl groups is 1. The van der Waals surface area contributed by atoms with E-state index in [9.17, 15) is 9.90 Å². The Bertz CT molecular complexity index is 849. The van der Waals surface area contributed by atoms with E-state index in [-0.39, 0.29) is 10.8 Å². The van der Waals surface area contributed by atoms with E-state index in [0.29, 0.717) is 16.5 Å². The van der Waals surface area contributed by atoms with Crippen LogP contribution in [0.1, 0.15) is 36.7 Å². The minimum absolute atomic E-state index is 0.0414. The van der Waals surface area contributed by atoms with Crippen LogP contribution in [0.3, 0.4) is 0 Å². The summed E-state index contributed by atoms with van der Waals surface area (Å²) in [7, 11) is -0.537. The third kappa shape index (κ3) is 3.32. The SMILES string of the molecule is COC(=O)c1cc2ccccc2c(O)c1C#C[Si](C)(C)C(C)(C)C. The molecule has 2 rings (SSSR count). The lowest BCUT2D eigenvalue weighted by Gasteiger charge is -2.31. The first-order valence-corrected chi connectivity index (χ1v) is 10.9. The number of ether oxygens (including phenoxy) is 1. The quantitative estimate of drug-likeness (QED) is 0.464. The van der Waals surface area contributed by atoms with Gasteiger partial charge in [0.05, 0.1) is 18.2 Å². The second-order valence-corrected chi connectivity index (χ2v) is 12.5. The van der Waals surface area contributed by atoms with Crippen molar-refractivity contribution in [1.82, 2.24) is 0 Å². The Balaban J connectivity index is 2.73. The lowest BCUT2D eigenvalue weighted by molar-refractivity contribution is 0.0600. The molecule has 0 bridgehead atoms. The zero-order valence-electron chi connectivity index (χ0n) is 15.2. The first-order chi connectivity index (χ1) is 11.1. The van der Waals surface area contributed by atoms with Gasteiger partial charge in [-0.2, -0.15) is 0 Å². The third-order valence-electron chi connectivity index (χ3n) is 4.80. The van der Waals surface area contributed by atoms with Gasteiger partial charge in [0.2, 0.25) is 0 Å². The second kappa shape index (κ2) is 6.33. The number of carbonyl (C=O) groups is 1. The van der Waals surface area contributed by atoms with Crippen LogP contribution < -0.4 is 0 Å². The topological polar surface area (TPSA) is 46.5 Å². The molecule has 0 aromatic heterocycles. The van der Waals surface area contributed by atoms with Gasteiger partial charge in [-0.3, -0.25) is 0 Å². The lowest BCUT2D eigenvalue weighted by Crippen LogP contribution is -2.35. The van der Waals surface area contributed by atoms with E-state index in [4.69, 9.17) is 4.74 Å². The van der Waals surface area contributed by atoms with Crippen molar-refractivity contribution in [2.75, 3.05) is 7.11 Å². The van der Waals surface area contributed by atoms with Crippen LogP contribution in [0.25, 0.3) is 10.8 Å². The van der Waals surface area contributed by atoms with Crippen molar-refractivity contribution in [3.63, 3.8) is 0 Å². The van der Waals surface area contributed by atoms with Crippen LogP contribution in [0.15, 0.2) is 30.3 Å². The Kier molecular flexibility index (Phi) is 4.77. The lowest BCUT2D eigenvalue weighted by atomic mass is 10.00. The van der Waals surface area contributed by atoms with E-state index in [2.05, 4.69) is 45.3 Å². The average Bonchev–Trinajstić information content (AvgIpc) is 2.52. The highest BCUT2D eigenvalue weighted by atomic mass is 28.3. The maximum atomic E-state index is 12.2. The van der Waals surface area contributed by atoms with E-state index < -0.39 is 14.0 Å². The second-order valence-electron chi connectivity index (χ2n) is 7.49. The third-order valence-corrected chi connectivity index (χ3v) is 9.30. The smallest absolute Gasteiger partial charge is 0.339 e. The van der Waals surface area contributed by atoms with Crippen molar-refractivity contribution in [3.05, 3.63) is 41.5 Å². The number of phenols is 1. The summed E-state index contributed by atoms with van der Waals surface area (Å²) in [6, 6.07) is 9.13. The summed E-state index contributed by atoms with van der Waals surface area (Å²) in [6.45, 7) is 10.9. The fourth-order valence-electron chi connectivity index (χ4n) is 2.13. The summed E-state index contributed by atoms with van der Waals surface area (Å²) in [4.78, 5) is 12.2. The zero-order valence-corrected chi connectivity index (χ0v) is 16.2. The van der Waals surface area contributed by atoms with Gasteiger partial charge in [-0.25, -0.2) is 4.79 Å². The molecule has 0 amide bonds. The normalized spacial score (nSPS) is 11.8. The van der Waals surface area contributed by atoms with Crippen molar-refractivity contribution >= 4 is 24.8 Å². The summed E-state index contributed by atoms with van der Waals surface area (Å²) in [5.41, 5.74) is 4.02. The highest BCUT2D eigenvalue weighted by molar-refractivity contribution is 6.87. The van der Waals surface area contributed by atoms with Gasteiger partial charge in [-0.1, -0.05) is 64.1 Å².